The maximum absolute atomic E-state index is 12.2. The number of para-hydroxylation sites is 6. The highest BCUT2D eigenvalue weighted by atomic mass is 16.5. The molecule has 6 heteroatoms. The summed E-state index contributed by atoms with van der Waals surface area (Å²) in [7, 11) is 2.19. The van der Waals surface area contributed by atoms with Crippen molar-refractivity contribution in [1.29, 1.82) is 0 Å². The summed E-state index contributed by atoms with van der Waals surface area (Å²) in [5, 5.41) is 19.0. The van der Waals surface area contributed by atoms with Crippen LogP contribution in [0, 0.1) is 0 Å². The second kappa shape index (κ2) is 12.5. The molecular formula is C54H32BN2O3. The number of fused-ring (bicyclic) bond motifs is 11. The highest BCUT2D eigenvalue weighted by molar-refractivity contribution is 6.71. The molecule has 1 aliphatic rings. The Labute approximate surface area is 344 Å². The van der Waals surface area contributed by atoms with Crippen LogP contribution in [0.3, 0.4) is 0 Å². The number of hydrogen-bond acceptors (Lipinski definition) is 3. The van der Waals surface area contributed by atoms with Crippen LogP contribution in [0.5, 0.6) is 17.2 Å². The fraction of sp³-hybridized carbons (Fsp3) is 0. The van der Waals surface area contributed by atoms with E-state index in [1.165, 1.54) is 21.5 Å². The first-order chi connectivity index (χ1) is 29.7. The van der Waals surface area contributed by atoms with E-state index in [-0.39, 0.29) is 5.75 Å². The molecule has 0 atom stereocenters. The third kappa shape index (κ3) is 4.76. The van der Waals surface area contributed by atoms with Crippen LogP contribution in [0.2, 0.25) is 0 Å². The molecule has 0 aliphatic carbocycles. The lowest BCUT2D eigenvalue weighted by molar-refractivity contribution is 0.477. The fourth-order valence-electron chi connectivity index (χ4n) is 9.64. The van der Waals surface area contributed by atoms with Crippen molar-refractivity contribution in [3.8, 4) is 50.9 Å². The molecule has 5 nitrogen and oxygen atoms in total. The van der Waals surface area contributed by atoms with Crippen molar-refractivity contribution in [3.63, 3.8) is 0 Å². The van der Waals surface area contributed by atoms with Gasteiger partial charge in [0.05, 0.1) is 27.8 Å². The zero-order valence-corrected chi connectivity index (χ0v) is 32.1. The molecule has 0 fully saturated rings. The van der Waals surface area contributed by atoms with Crippen molar-refractivity contribution in [3.05, 3.63) is 188 Å². The molecular weight excluding hydrogens is 735 g/mol. The molecule has 0 spiro atoms. The predicted molar refractivity (Wildman–Crippen MR) is 246 cm³/mol. The van der Waals surface area contributed by atoms with Gasteiger partial charge in [0.1, 0.15) is 28.4 Å². The lowest BCUT2D eigenvalue weighted by atomic mass is 9.59. The molecule has 1 N–H and O–H groups in total. The van der Waals surface area contributed by atoms with E-state index in [2.05, 4.69) is 174 Å². The predicted octanol–water partition coefficient (Wildman–Crippen LogP) is 12.6. The first-order valence-electron chi connectivity index (χ1n) is 20.2. The molecule has 0 unspecified atom stereocenters. The van der Waals surface area contributed by atoms with Crippen LogP contribution < -0.4 is 15.7 Å². The second-order valence-electron chi connectivity index (χ2n) is 15.6. The topological polar surface area (TPSA) is 52.5 Å². The van der Waals surface area contributed by atoms with Crippen LogP contribution in [0.1, 0.15) is 0 Å². The zero-order valence-electron chi connectivity index (χ0n) is 32.1. The minimum absolute atomic E-state index is 0.185. The number of nitrogens with zero attached hydrogens (tertiary/aromatic N) is 2. The summed E-state index contributed by atoms with van der Waals surface area (Å²) >= 11 is 0. The normalized spacial score (nSPS) is 12.3. The Hall–Kier alpha value is -7.96. The molecule has 3 aromatic heterocycles. The maximum Gasteiger partial charge on any atom is 0.202 e. The minimum Gasteiger partial charge on any atom is -0.507 e. The molecule has 0 saturated carbocycles. The third-order valence-electron chi connectivity index (χ3n) is 12.3. The Morgan fingerprint density at radius 3 is 1.65 bits per heavy atom. The van der Waals surface area contributed by atoms with E-state index in [0.717, 1.165) is 94.3 Å². The standard InChI is InChI=1S/C54H32BN2O3/c58-49-30-33(56-45-19-6-1-12-36(45)37-13-2-7-20-46(37)56)25-26-40(49)43-29-34(57-47-21-8-3-14-38(47)39-15-4-9-22-48(39)57)31-52-53(43)55-44-27-24-32(28-51(44)59-52)35-17-11-18-42-41-16-5-10-23-50(41)60-54(35)42/h1-31,58H. The van der Waals surface area contributed by atoms with E-state index >= 15 is 0 Å². The lowest BCUT2D eigenvalue weighted by Gasteiger charge is -2.25. The highest BCUT2D eigenvalue weighted by Crippen LogP contribution is 2.42. The van der Waals surface area contributed by atoms with Gasteiger partial charge in [-0.25, -0.2) is 0 Å². The van der Waals surface area contributed by atoms with Crippen LogP contribution in [0.15, 0.2) is 192 Å². The molecule has 1 aliphatic heterocycles. The molecule has 0 saturated heterocycles. The summed E-state index contributed by atoms with van der Waals surface area (Å²) in [5.41, 5.74) is 13.4. The Morgan fingerprint density at radius 1 is 0.417 bits per heavy atom. The van der Waals surface area contributed by atoms with E-state index in [1.807, 2.05) is 30.3 Å². The Bertz CT molecular complexity index is 3650. The SMILES string of the molecule is Oc1cc(-n2c3ccccc3c3ccccc32)ccc1-c1cc(-n2c3ccccc3c3ccccc32)cc2c1[B]c1ccc(-c3cccc4c3oc3ccccc34)cc1O2. The van der Waals surface area contributed by atoms with Crippen LogP contribution in [-0.4, -0.2) is 21.5 Å². The van der Waals surface area contributed by atoms with E-state index in [9.17, 15) is 5.11 Å². The van der Waals surface area contributed by atoms with E-state index in [4.69, 9.17) is 9.15 Å². The van der Waals surface area contributed by atoms with Gasteiger partial charge in [-0.05, 0) is 76.6 Å². The molecule has 4 heterocycles. The summed E-state index contributed by atoms with van der Waals surface area (Å²) in [6, 6.07) is 65.1. The van der Waals surface area contributed by atoms with Gasteiger partial charge in [-0.2, -0.15) is 0 Å². The summed E-state index contributed by atoms with van der Waals surface area (Å²) in [6.07, 6.45) is 0. The summed E-state index contributed by atoms with van der Waals surface area (Å²) in [6.45, 7) is 0. The van der Waals surface area contributed by atoms with Crippen molar-refractivity contribution in [2.24, 2.45) is 0 Å². The molecule has 279 valence electrons. The number of ether oxygens (including phenoxy) is 1. The third-order valence-corrected chi connectivity index (χ3v) is 12.3. The number of phenolic OH excluding ortho intramolecular Hbond substituents is 1. The van der Waals surface area contributed by atoms with Gasteiger partial charge >= 0.3 is 0 Å². The number of rotatable bonds is 4. The lowest BCUT2D eigenvalue weighted by Crippen LogP contribution is -2.35. The molecule has 12 aromatic rings. The van der Waals surface area contributed by atoms with E-state index in [0.29, 0.717) is 5.75 Å². The van der Waals surface area contributed by atoms with Gasteiger partial charge in [0, 0.05) is 61.3 Å². The van der Waals surface area contributed by atoms with Gasteiger partial charge in [-0.1, -0.05) is 121 Å². The average molecular weight is 768 g/mol. The zero-order chi connectivity index (χ0) is 39.5. The van der Waals surface area contributed by atoms with Crippen molar-refractivity contribution >= 4 is 83.8 Å². The average Bonchev–Trinajstić information content (AvgIpc) is 3.96. The number of hydrogen-bond donors (Lipinski definition) is 1. The molecule has 13 rings (SSSR count). The van der Waals surface area contributed by atoms with E-state index in [1.54, 1.807) is 0 Å². The van der Waals surface area contributed by atoms with Gasteiger partial charge in [0.2, 0.25) is 7.28 Å². The molecule has 1 radical (unpaired) electrons. The number of aromatic hydroxyl groups is 1. The van der Waals surface area contributed by atoms with Gasteiger partial charge in [-0.3, -0.25) is 0 Å². The molecule has 0 bridgehead atoms. The van der Waals surface area contributed by atoms with E-state index < -0.39 is 0 Å². The van der Waals surface area contributed by atoms with Gasteiger partial charge < -0.3 is 23.4 Å². The second-order valence-corrected chi connectivity index (χ2v) is 15.6. The van der Waals surface area contributed by atoms with Gasteiger partial charge in [-0.15, -0.1) is 0 Å². The molecule has 60 heavy (non-hydrogen) atoms. The van der Waals surface area contributed by atoms with Crippen LogP contribution in [0.4, 0.5) is 0 Å². The Kier molecular flexibility index (Phi) is 6.90. The van der Waals surface area contributed by atoms with Gasteiger partial charge in [0.15, 0.2) is 0 Å². The molecule has 0 amide bonds. The number of aromatic nitrogens is 2. The largest absolute Gasteiger partial charge is 0.507 e. The molecule has 9 aromatic carbocycles. The summed E-state index contributed by atoms with van der Waals surface area (Å²) in [5.74, 6) is 1.65. The monoisotopic (exact) mass is 767 g/mol. The Morgan fingerprint density at radius 2 is 1.00 bits per heavy atom. The van der Waals surface area contributed by atoms with Crippen LogP contribution >= 0.6 is 0 Å². The first-order valence-corrected chi connectivity index (χ1v) is 20.2. The van der Waals surface area contributed by atoms with Crippen molar-refractivity contribution in [2.75, 3.05) is 0 Å². The van der Waals surface area contributed by atoms with Crippen molar-refractivity contribution < 1.29 is 14.3 Å². The van der Waals surface area contributed by atoms with Gasteiger partial charge in [0.25, 0.3) is 0 Å². The fourth-order valence-corrected chi connectivity index (χ4v) is 9.64. The quantitative estimate of drug-likeness (QED) is 0.182. The number of furan rings is 1. The Balaban J connectivity index is 0.999. The van der Waals surface area contributed by atoms with Crippen LogP contribution in [-0.2, 0) is 0 Å². The first kappa shape index (κ1) is 33.1. The summed E-state index contributed by atoms with van der Waals surface area (Å²) < 4.78 is 18.0. The smallest absolute Gasteiger partial charge is 0.202 e. The summed E-state index contributed by atoms with van der Waals surface area (Å²) in [4.78, 5) is 0. The number of phenols is 1. The maximum atomic E-state index is 12.2. The van der Waals surface area contributed by atoms with Crippen molar-refractivity contribution in [1.82, 2.24) is 9.13 Å². The van der Waals surface area contributed by atoms with Crippen LogP contribution in [0.25, 0.3) is 99.2 Å². The number of benzene rings is 9. The van der Waals surface area contributed by atoms with Crippen molar-refractivity contribution in [2.45, 2.75) is 0 Å². The minimum atomic E-state index is 0.185. The highest BCUT2D eigenvalue weighted by Gasteiger charge is 2.27.